The maximum absolute atomic E-state index is 13.0. The molecule has 7 nitrogen and oxygen atoms in total. The molecule has 0 aromatic heterocycles. The maximum Gasteiger partial charge on any atom is 0.335 e. The molecular weight excluding hydrogens is 456 g/mol. The molecule has 0 saturated carbocycles. The van der Waals surface area contributed by atoms with Crippen LogP contribution in [0.3, 0.4) is 0 Å². The van der Waals surface area contributed by atoms with Crippen molar-refractivity contribution in [2.24, 2.45) is 0 Å². The maximum atomic E-state index is 13.0. The molecule has 4 rings (SSSR count). The SMILES string of the molecule is COc1cc(/C=C2\C(=O)NC(=O)N(c3ccccc3)C2=O)cc(Cl)c1OCc1cccc(C)c1. The number of carbonyl (C=O) groups excluding carboxylic acids is 3. The second-order valence-electron chi connectivity index (χ2n) is 7.61. The lowest BCUT2D eigenvalue weighted by atomic mass is 10.1. The van der Waals surface area contributed by atoms with Crippen molar-refractivity contribution in [3.63, 3.8) is 0 Å². The Bertz CT molecular complexity index is 1300. The first-order chi connectivity index (χ1) is 16.4. The number of nitrogens with zero attached hydrogens (tertiary/aromatic N) is 1. The van der Waals surface area contributed by atoms with Gasteiger partial charge >= 0.3 is 6.03 Å². The Hall–Kier alpha value is -4.10. The van der Waals surface area contributed by atoms with Crippen LogP contribution in [0, 0.1) is 6.92 Å². The average molecular weight is 477 g/mol. The van der Waals surface area contributed by atoms with Crippen molar-refractivity contribution in [1.82, 2.24) is 5.32 Å². The summed E-state index contributed by atoms with van der Waals surface area (Å²) in [5.74, 6) is -0.855. The number of para-hydroxylation sites is 1. The highest BCUT2D eigenvalue weighted by Crippen LogP contribution is 2.38. The number of amides is 4. The number of methoxy groups -OCH3 is 1. The molecule has 1 fully saturated rings. The zero-order chi connectivity index (χ0) is 24.2. The Morgan fingerprint density at radius 3 is 2.47 bits per heavy atom. The molecule has 34 heavy (non-hydrogen) atoms. The Morgan fingerprint density at radius 1 is 1.00 bits per heavy atom. The molecule has 1 saturated heterocycles. The number of hydrogen-bond donors (Lipinski definition) is 1. The molecule has 0 unspecified atom stereocenters. The summed E-state index contributed by atoms with van der Waals surface area (Å²) in [6.07, 6.45) is 1.36. The number of benzene rings is 3. The van der Waals surface area contributed by atoms with Crippen molar-refractivity contribution < 1.29 is 23.9 Å². The summed E-state index contributed by atoms with van der Waals surface area (Å²) in [5.41, 5.74) is 2.65. The fourth-order valence-corrected chi connectivity index (χ4v) is 3.83. The second-order valence-corrected chi connectivity index (χ2v) is 8.01. The number of carbonyl (C=O) groups is 3. The number of halogens is 1. The van der Waals surface area contributed by atoms with Crippen LogP contribution in [-0.2, 0) is 16.2 Å². The van der Waals surface area contributed by atoms with Gasteiger partial charge in [0.05, 0.1) is 17.8 Å². The third kappa shape index (κ3) is 4.79. The fourth-order valence-electron chi connectivity index (χ4n) is 3.56. The summed E-state index contributed by atoms with van der Waals surface area (Å²) in [6.45, 7) is 2.28. The summed E-state index contributed by atoms with van der Waals surface area (Å²) in [7, 11) is 1.47. The van der Waals surface area contributed by atoms with Gasteiger partial charge in [-0.15, -0.1) is 0 Å². The molecule has 1 heterocycles. The van der Waals surface area contributed by atoms with E-state index < -0.39 is 17.8 Å². The van der Waals surface area contributed by atoms with Crippen LogP contribution in [0.2, 0.25) is 5.02 Å². The first kappa shape index (κ1) is 23.1. The first-order valence-electron chi connectivity index (χ1n) is 10.4. The minimum atomic E-state index is -0.811. The summed E-state index contributed by atoms with van der Waals surface area (Å²) in [5, 5.41) is 2.44. The highest BCUT2D eigenvalue weighted by molar-refractivity contribution is 6.39. The Balaban J connectivity index is 1.64. The molecule has 3 aromatic rings. The van der Waals surface area contributed by atoms with Gasteiger partial charge < -0.3 is 9.47 Å². The third-order valence-electron chi connectivity index (χ3n) is 5.14. The number of anilines is 1. The Kier molecular flexibility index (Phi) is 6.65. The van der Waals surface area contributed by atoms with E-state index in [1.165, 1.54) is 13.2 Å². The molecule has 8 heteroatoms. The fraction of sp³-hybridized carbons (Fsp3) is 0.115. The van der Waals surface area contributed by atoms with Crippen LogP contribution in [0.4, 0.5) is 10.5 Å². The van der Waals surface area contributed by atoms with Crippen LogP contribution in [0.15, 0.2) is 72.3 Å². The van der Waals surface area contributed by atoms with Gasteiger partial charge in [-0.05, 0) is 48.4 Å². The largest absolute Gasteiger partial charge is 0.493 e. The number of ether oxygens (including phenoxy) is 2. The number of imide groups is 2. The van der Waals surface area contributed by atoms with Crippen molar-refractivity contribution in [1.29, 1.82) is 0 Å². The summed E-state index contributed by atoms with van der Waals surface area (Å²) in [4.78, 5) is 38.7. The molecule has 1 aliphatic heterocycles. The summed E-state index contributed by atoms with van der Waals surface area (Å²) >= 11 is 6.46. The van der Waals surface area contributed by atoms with Crippen molar-refractivity contribution >= 4 is 41.2 Å². The summed E-state index contributed by atoms with van der Waals surface area (Å²) in [6, 6.07) is 18.6. The number of nitrogens with one attached hydrogen (secondary N) is 1. The van der Waals surface area contributed by atoms with E-state index in [4.69, 9.17) is 21.1 Å². The molecule has 1 N–H and O–H groups in total. The van der Waals surface area contributed by atoms with E-state index in [0.717, 1.165) is 16.0 Å². The van der Waals surface area contributed by atoms with E-state index in [0.29, 0.717) is 22.7 Å². The van der Waals surface area contributed by atoms with Gasteiger partial charge in [0.1, 0.15) is 12.2 Å². The second kappa shape index (κ2) is 9.80. The van der Waals surface area contributed by atoms with Crippen LogP contribution in [0.25, 0.3) is 6.08 Å². The lowest BCUT2D eigenvalue weighted by Crippen LogP contribution is -2.54. The predicted molar refractivity (Wildman–Crippen MR) is 129 cm³/mol. The lowest BCUT2D eigenvalue weighted by Gasteiger charge is -2.26. The average Bonchev–Trinajstić information content (AvgIpc) is 2.81. The Morgan fingerprint density at radius 2 is 1.76 bits per heavy atom. The van der Waals surface area contributed by atoms with Crippen LogP contribution in [0.1, 0.15) is 16.7 Å². The van der Waals surface area contributed by atoms with Gasteiger partial charge in [-0.25, -0.2) is 9.69 Å². The van der Waals surface area contributed by atoms with Gasteiger partial charge in [0.15, 0.2) is 11.5 Å². The van der Waals surface area contributed by atoms with Crippen LogP contribution in [-0.4, -0.2) is 25.0 Å². The molecule has 1 aliphatic rings. The molecule has 0 bridgehead atoms. The first-order valence-corrected chi connectivity index (χ1v) is 10.8. The molecule has 0 radical (unpaired) electrons. The van der Waals surface area contributed by atoms with Crippen molar-refractivity contribution in [2.75, 3.05) is 12.0 Å². The van der Waals surface area contributed by atoms with Gasteiger partial charge in [0, 0.05) is 0 Å². The highest BCUT2D eigenvalue weighted by Gasteiger charge is 2.36. The van der Waals surface area contributed by atoms with Crippen LogP contribution < -0.4 is 19.7 Å². The highest BCUT2D eigenvalue weighted by atomic mass is 35.5. The smallest absolute Gasteiger partial charge is 0.335 e. The van der Waals surface area contributed by atoms with Gasteiger partial charge in [0.25, 0.3) is 11.8 Å². The molecular formula is C26H21ClN2O5. The van der Waals surface area contributed by atoms with Gasteiger partial charge in [-0.1, -0.05) is 59.6 Å². The Labute approximate surface area is 201 Å². The third-order valence-corrected chi connectivity index (χ3v) is 5.43. The van der Waals surface area contributed by atoms with Gasteiger partial charge in [-0.2, -0.15) is 0 Å². The van der Waals surface area contributed by atoms with Crippen molar-refractivity contribution in [2.45, 2.75) is 13.5 Å². The lowest BCUT2D eigenvalue weighted by molar-refractivity contribution is -0.122. The number of hydrogen-bond acceptors (Lipinski definition) is 5. The van der Waals surface area contributed by atoms with E-state index in [1.54, 1.807) is 42.5 Å². The number of aryl methyl sites for hydroxylation is 1. The van der Waals surface area contributed by atoms with Crippen LogP contribution in [0.5, 0.6) is 11.5 Å². The molecule has 172 valence electrons. The monoisotopic (exact) mass is 476 g/mol. The van der Waals surface area contributed by atoms with E-state index in [-0.39, 0.29) is 17.2 Å². The van der Waals surface area contributed by atoms with E-state index in [9.17, 15) is 14.4 Å². The summed E-state index contributed by atoms with van der Waals surface area (Å²) < 4.78 is 11.3. The van der Waals surface area contributed by atoms with Crippen LogP contribution >= 0.6 is 11.6 Å². The number of rotatable bonds is 6. The van der Waals surface area contributed by atoms with Crippen molar-refractivity contribution in [3.8, 4) is 11.5 Å². The number of barbiturate groups is 1. The van der Waals surface area contributed by atoms with E-state index in [2.05, 4.69) is 5.32 Å². The predicted octanol–water partition coefficient (Wildman–Crippen LogP) is 4.90. The molecule has 0 spiro atoms. The molecule has 0 atom stereocenters. The zero-order valence-electron chi connectivity index (χ0n) is 18.5. The van der Waals surface area contributed by atoms with E-state index in [1.807, 2.05) is 31.2 Å². The number of urea groups is 1. The minimum Gasteiger partial charge on any atom is -0.493 e. The van der Waals surface area contributed by atoms with Gasteiger partial charge in [-0.3, -0.25) is 14.9 Å². The minimum absolute atomic E-state index is 0.213. The van der Waals surface area contributed by atoms with Crippen molar-refractivity contribution in [3.05, 3.63) is 94.0 Å². The molecule has 4 amide bonds. The topological polar surface area (TPSA) is 84.9 Å². The quantitative estimate of drug-likeness (QED) is 0.404. The van der Waals surface area contributed by atoms with E-state index >= 15 is 0 Å². The standard InChI is InChI=1S/C26H21ClN2O5/c1-16-7-6-8-17(11-16)15-34-23-21(27)13-18(14-22(23)33-2)12-20-24(30)28-26(32)29(25(20)31)19-9-4-3-5-10-19/h3-14H,15H2,1-2H3,(H,28,30,32)/b20-12+. The molecule has 3 aromatic carbocycles. The van der Waals surface area contributed by atoms with Gasteiger partial charge in [0.2, 0.25) is 0 Å². The molecule has 0 aliphatic carbocycles. The zero-order valence-corrected chi connectivity index (χ0v) is 19.3. The normalized spacial score (nSPS) is 14.9.